The number of aromatic nitrogens is 1. The van der Waals surface area contributed by atoms with E-state index in [1.165, 1.54) is 5.69 Å². The van der Waals surface area contributed by atoms with Crippen molar-refractivity contribution < 1.29 is 4.74 Å². The normalized spacial score (nSPS) is 17.6. The van der Waals surface area contributed by atoms with Crippen molar-refractivity contribution in [3.8, 4) is 5.75 Å². The number of rotatable bonds is 2. The molecule has 94 valence electrons. The van der Waals surface area contributed by atoms with Crippen molar-refractivity contribution >= 4 is 25.8 Å². The van der Waals surface area contributed by atoms with Crippen LogP contribution in [0.25, 0.3) is 10.9 Å². The number of pyridine rings is 1. The minimum Gasteiger partial charge on any atom is -0.496 e. The summed E-state index contributed by atoms with van der Waals surface area (Å²) in [6.07, 6.45) is 1.78. The van der Waals surface area contributed by atoms with E-state index < -0.39 is 0 Å². The molecule has 0 amide bonds. The molecule has 0 radical (unpaired) electrons. The second kappa shape index (κ2) is 4.10. The highest BCUT2D eigenvalue weighted by atomic mass is 31.0. The topological polar surface area (TPSA) is 25.4 Å². The zero-order chi connectivity index (χ0) is 12.8. The van der Waals surface area contributed by atoms with Crippen molar-refractivity contribution in [2.24, 2.45) is 0 Å². The van der Waals surface area contributed by atoms with Crippen molar-refractivity contribution in [3.05, 3.63) is 30.5 Å². The molecule has 3 rings (SSSR count). The first-order valence-corrected chi connectivity index (χ1v) is 6.63. The van der Waals surface area contributed by atoms with Gasteiger partial charge in [-0.05, 0) is 24.3 Å². The van der Waals surface area contributed by atoms with Gasteiger partial charge in [0.15, 0.2) is 0 Å². The second-order valence-electron chi connectivity index (χ2n) is 5.22. The SMILES string of the molecule is COc1ccnc2ccc(N3CC(C)(P)C3)cc12. The highest BCUT2D eigenvalue weighted by Gasteiger charge is 2.34. The zero-order valence-corrected chi connectivity index (χ0v) is 11.8. The third-order valence-corrected chi connectivity index (χ3v) is 3.74. The molecular formula is C14H17N2OP. The van der Waals surface area contributed by atoms with Gasteiger partial charge in [0.1, 0.15) is 5.75 Å². The quantitative estimate of drug-likeness (QED) is 0.776. The molecule has 0 spiro atoms. The predicted molar refractivity (Wildman–Crippen MR) is 78.6 cm³/mol. The van der Waals surface area contributed by atoms with Gasteiger partial charge in [-0.2, -0.15) is 0 Å². The molecule has 2 heterocycles. The third-order valence-electron chi connectivity index (χ3n) is 3.37. The van der Waals surface area contributed by atoms with Gasteiger partial charge < -0.3 is 9.64 Å². The number of fused-ring (bicyclic) bond motifs is 1. The summed E-state index contributed by atoms with van der Waals surface area (Å²) in [6, 6.07) is 8.27. The Morgan fingerprint density at radius 2 is 2.11 bits per heavy atom. The lowest BCUT2D eigenvalue weighted by atomic mass is 10.00. The Bertz CT molecular complexity index is 589. The lowest BCUT2D eigenvalue weighted by Crippen LogP contribution is -2.56. The molecule has 0 N–H and O–H groups in total. The maximum absolute atomic E-state index is 5.39. The van der Waals surface area contributed by atoms with Crippen molar-refractivity contribution in [3.63, 3.8) is 0 Å². The van der Waals surface area contributed by atoms with Crippen LogP contribution in [0.2, 0.25) is 0 Å². The average Bonchev–Trinajstić information content (AvgIpc) is 2.34. The predicted octanol–water partition coefficient (Wildman–Crippen LogP) is 2.70. The number of benzene rings is 1. The van der Waals surface area contributed by atoms with E-state index in [-0.39, 0.29) is 0 Å². The van der Waals surface area contributed by atoms with Crippen LogP contribution in [0.15, 0.2) is 30.5 Å². The number of hydrogen-bond acceptors (Lipinski definition) is 3. The first-order chi connectivity index (χ1) is 8.59. The molecule has 0 aliphatic carbocycles. The van der Waals surface area contributed by atoms with Crippen molar-refractivity contribution in [2.45, 2.75) is 12.1 Å². The Balaban J connectivity index is 2.00. The van der Waals surface area contributed by atoms with Crippen LogP contribution in [0.1, 0.15) is 6.92 Å². The molecular weight excluding hydrogens is 243 g/mol. The average molecular weight is 260 g/mol. The summed E-state index contributed by atoms with van der Waals surface area (Å²) in [5, 5.41) is 1.43. The largest absolute Gasteiger partial charge is 0.496 e. The van der Waals surface area contributed by atoms with E-state index in [1.807, 2.05) is 6.07 Å². The molecule has 1 aromatic heterocycles. The number of hydrogen-bond donors (Lipinski definition) is 0. The maximum Gasteiger partial charge on any atom is 0.129 e. The fourth-order valence-electron chi connectivity index (χ4n) is 2.49. The molecule has 0 bridgehead atoms. The van der Waals surface area contributed by atoms with Crippen molar-refractivity contribution in [2.75, 3.05) is 25.1 Å². The monoisotopic (exact) mass is 260 g/mol. The van der Waals surface area contributed by atoms with Gasteiger partial charge in [0.25, 0.3) is 0 Å². The minimum atomic E-state index is 0.355. The summed E-state index contributed by atoms with van der Waals surface area (Å²) >= 11 is 0. The van der Waals surface area contributed by atoms with Gasteiger partial charge in [-0.1, -0.05) is 6.92 Å². The van der Waals surface area contributed by atoms with Crippen LogP contribution in [0.5, 0.6) is 5.75 Å². The summed E-state index contributed by atoms with van der Waals surface area (Å²) in [7, 11) is 4.62. The van der Waals surface area contributed by atoms with Gasteiger partial charge in [-0.15, -0.1) is 9.24 Å². The van der Waals surface area contributed by atoms with E-state index in [9.17, 15) is 0 Å². The van der Waals surface area contributed by atoms with Gasteiger partial charge in [0, 0.05) is 35.5 Å². The van der Waals surface area contributed by atoms with Crippen molar-refractivity contribution in [1.29, 1.82) is 0 Å². The molecule has 1 aromatic carbocycles. The van der Waals surface area contributed by atoms with E-state index in [1.54, 1.807) is 13.3 Å². The molecule has 18 heavy (non-hydrogen) atoms. The second-order valence-corrected chi connectivity index (χ2v) is 6.62. The molecule has 1 saturated heterocycles. The van der Waals surface area contributed by atoms with Gasteiger partial charge in [0.05, 0.1) is 12.6 Å². The van der Waals surface area contributed by atoms with Crippen LogP contribution in [0.4, 0.5) is 5.69 Å². The van der Waals surface area contributed by atoms with Crippen LogP contribution in [-0.4, -0.2) is 30.3 Å². The number of methoxy groups -OCH3 is 1. The molecule has 1 atom stereocenters. The van der Waals surface area contributed by atoms with Crippen molar-refractivity contribution in [1.82, 2.24) is 4.98 Å². The molecule has 2 aromatic rings. The Labute approximate surface area is 109 Å². The molecule has 1 fully saturated rings. The van der Waals surface area contributed by atoms with Gasteiger partial charge >= 0.3 is 0 Å². The minimum absolute atomic E-state index is 0.355. The molecule has 1 aliphatic rings. The third kappa shape index (κ3) is 1.93. The maximum atomic E-state index is 5.39. The van der Waals surface area contributed by atoms with Crippen LogP contribution in [0.3, 0.4) is 0 Å². The Kier molecular flexibility index (Phi) is 2.67. The van der Waals surface area contributed by atoms with Crippen LogP contribution >= 0.6 is 9.24 Å². The zero-order valence-electron chi connectivity index (χ0n) is 10.7. The Hall–Kier alpha value is -1.34. The number of anilines is 1. The summed E-state index contributed by atoms with van der Waals surface area (Å²) in [5.41, 5.74) is 2.22. The van der Waals surface area contributed by atoms with Crippen LogP contribution in [-0.2, 0) is 0 Å². The fourth-order valence-corrected chi connectivity index (χ4v) is 2.93. The highest BCUT2D eigenvalue weighted by Crippen LogP contribution is 2.36. The van der Waals surface area contributed by atoms with Crippen LogP contribution in [0, 0.1) is 0 Å². The molecule has 0 saturated carbocycles. The van der Waals surface area contributed by atoms with Gasteiger partial charge in [0.2, 0.25) is 0 Å². The van der Waals surface area contributed by atoms with E-state index >= 15 is 0 Å². The molecule has 1 aliphatic heterocycles. The van der Waals surface area contributed by atoms with E-state index in [0.29, 0.717) is 5.16 Å². The van der Waals surface area contributed by atoms with Gasteiger partial charge in [-0.3, -0.25) is 4.98 Å². The number of ether oxygens (including phenoxy) is 1. The summed E-state index contributed by atoms with van der Waals surface area (Å²) in [6.45, 7) is 4.41. The molecule has 1 unspecified atom stereocenters. The van der Waals surface area contributed by atoms with Gasteiger partial charge in [-0.25, -0.2) is 0 Å². The lowest BCUT2D eigenvalue weighted by Gasteiger charge is -2.47. The smallest absolute Gasteiger partial charge is 0.129 e. The lowest BCUT2D eigenvalue weighted by molar-refractivity contribution is 0.419. The summed E-state index contributed by atoms with van der Waals surface area (Å²) < 4.78 is 5.39. The molecule has 4 heteroatoms. The standard InChI is InChI=1S/C14H17N2OP/c1-14(18)8-16(9-14)10-3-4-12-11(7-10)13(17-2)5-6-15-12/h3-7H,8-9,18H2,1-2H3. The Morgan fingerprint density at radius 1 is 1.33 bits per heavy atom. The van der Waals surface area contributed by atoms with E-state index in [0.717, 1.165) is 29.7 Å². The fraction of sp³-hybridized carbons (Fsp3) is 0.357. The Morgan fingerprint density at radius 3 is 2.78 bits per heavy atom. The first-order valence-electron chi connectivity index (χ1n) is 6.06. The summed E-state index contributed by atoms with van der Waals surface area (Å²) in [5.74, 6) is 0.885. The first kappa shape index (κ1) is 11.7. The molecule has 3 nitrogen and oxygen atoms in total. The number of nitrogens with zero attached hydrogens (tertiary/aromatic N) is 2. The van der Waals surface area contributed by atoms with Crippen LogP contribution < -0.4 is 9.64 Å². The van der Waals surface area contributed by atoms with E-state index in [4.69, 9.17) is 4.74 Å². The summed E-state index contributed by atoms with van der Waals surface area (Å²) in [4.78, 5) is 6.73. The highest BCUT2D eigenvalue weighted by molar-refractivity contribution is 7.19. The van der Waals surface area contributed by atoms with E-state index in [2.05, 4.69) is 44.2 Å².